The van der Waals surface area contributed by atoms with Crippen molar-refractivity contribution in [1.29, 1.82) is 0 Å². The summed E-state index contributed by atoms with van der Waals surface area (Å²) < 4.78 is 0. The first kappa shape index (κ1) is 19.7. The minimum Gasteiger partial charge on any atom is -0.342 e. The van der Waals surface area contributed by atoms with Crippen LogP contribution in [0.3, 0.4) is 0 Å². The van der Waals surface area contributed by atoms with Gasteiger partial charge in [-0.25, -0.2) is 0 Å². The molecule has 0 spiro atoms. The van der Waals surface area contributed by atoms with E-state index in [1.54, 1.807) is 4.90 Å². The van der Waals surface area contributed by atoms with Crippen LogP contribution in [0.25, 0.3) is 0 Å². The van der Waals surface area contributed by atoms with Gasteiger partial charge in [0, 0.05) is 26.7 Å². The molecule has 1 aliphatic carbocycles. The highest BCUT2D eigenvalue weighted by Gasteiger charge is 2.50. The Morgan fingerprint density at radius 1 is 0.897 bits per heavy atom. The molecule has 2 atom stereocenters. The summed E-state index contributed by atoms with van der Waals surface area (Å²) >= 11 is 0. The first-order valence-corrected chi connectivity index (χ1v) is 10.7. The summed E-state index contributed by atoms with van der Waals surface area (Å²) in [5.41, 5.74) is 2.50. The van der Waals surface area contributed by atoms with Gasteiger partial charge in [-0.05, 0) is 42.7 Å². The number of carbonyl (C=O) groups is 2. The molecule has 2 aliphatic rings. The van der Waals surface area contributed by atoms with Crippen LogP contribution in [0.15, 0.2) is 60.7 Å². The number of hydrogen-bond acceptors (Lipinski definition) is 2. The second-order valence-corrected chi connectivity index (χ2v) is 8.59. The largest absolute Gasteiger partial charge is 0.342 e. The van der Waals surface area contributed by atoms with Crippen LogP contribution in [-0.2, 0) is 22.6 Å². The fraction of sp³-hybridized carbons (Fsp3) is 0.440. The van der Waals surface area contributed by atoms with Crippen LogP contribution in [0.2, 0.25) is 0 Å². The summed E-state index contributed by atoms with van der Waals surface area (Å²) in [5.74, 6) is 0.709. The van der Waals surface area contributed by atoms with Crippen molar-refractivity contribution in [2.24, 2.45) is 17.8 Å². The molecular formula is C25H30N2O2. The lowest BCUT2D eigenvalue weighted by Gasteiger charge is -2.32. The van der Waals surface area contributed by atoms with Crippen molar-refractivity contribution in [3.8, 4) is 0 Å². The molecule has 29 heavy (non-hydrogen) atoms. The molecule has 4 rings (SSSR count). The minimum atomic E-state index is -0.127. The zero-order valence-electron chi connectivity index (χ0n) is 17.2. The van der Waals surface area contributed by atoms with Gasteiger partial charge in [0.25, 0.3) is 0 Å². The van der Waals surface area contributed by atoms with Crippen LogP contribution in [0.5, 0.6) is 0 Å². The summed E-state index contributed by atoms with van der Waals surface area (Å²) in [7, 11) is 1.84. The van der Waals surface area contributed by atoms with Crippen molar-refractivity contribution in [3.63, 3.8) is 0 Å². The van der Waals surface area contributed by atoms with Crippen LogP contribution in [0, 0.1) is 17.8 Å². The van der Waals surface area contributed by atoms with Crippen molar-refractivity contribution >= 4 is 11.8 Å². The summed E-state index contributed by atoms with van der Waals surface area (Å²) in [6.07, 6.45) is 3.91. The Morgan fingerprint density at radius 2 is 1.48 bits per heavy atom. The number of benzene rings is 2. The zero-order chi connectivity index (χ0) is 20.2. The van der Waals surface area contributed by atoms with Gasteiger partial charge in [-0.2, -0.15) is 0 Å². The number of nitrogens with zero attached hydrogens (tertiary/aromatic N) is 2. The van der Waals surface area contributed by atoms with Gasteiger partial charge in [-0.3, -0.25) is 9.59 Å². The first-order valence-electron chi connectivity index (χ1n) is 10.7. The lowest BCUT2D eigenvalue weighted by atomic mass is 9.90. The highest BCUT2D eigenvalue weighted by Crippen LogP contribution is 2.42. The lowest BCUT2D eigenvalue weighted by molar-refractivity contribution is -0.138. The molecular weight excluding hydrogens is 360 g/mol. The Hall–Kier alpha value is -2.62. The van der Waals surface area contributed by atoms with Gasteiger partial charge >= 0.3 is 0 Å². The highest BCUT2D eigenvalue weighted by molar-refractivity contribution is 5.92. The predicted octanol–water partition coefficient (Wildman–Crippen LogP) is 3.76. The number of amides is 2. The maximum Gasteiger partial charge on any atom is 0.226 e. The SMILES string of the molecule is CN(Cc1ccccc1)C(=O)C1CC1C(=O)N1CCC(Cc2ccccc2)CC1. The van der Waals surface area contributed by atoms with E-state index in [1.807, 2.05) is 42.3 Å². The zero-order valence-corrected chi connectivity index (χ0v) is 17.2. The normalized spacial score (nSPS) is 21.6. The molecule has 2 aromatic rings. The molecule has 4 heteroatoms. The van der Waals surface area contributed by atoms with Gasteiger partial charge in [-0.15, -0.1) is 0 Å². The summed E-state index contributed by atoms with van der Waals surface area (Å²) in [6, 6.07) is 20.6. The van der Waals surface area contributed by atoms with Crippen LogP contribution in [0.4, 0.5) is 0 Å². The van der Waals surface area contributed by atoms with E-state index in [9.17, 15) is 9.59 Å². The van der Waals surface area contributed by atoms with E-state index in [-0.39, 0.29) is 23.7 Å². The molecule has 152 valence electrons. The Bertz CT molecular complexity index is 828. The van der Waals surface area contributed by atoms with E-state index in [2.05, 4.69) is 30.3 Å². The topological polar surface area (TPSA) is 40.6 Å². The molecule has 4 nitrogen and oxygen atoms in total. The fourth-order valence-corrected chi connectivity index (χ4v) is 4.50. The number of carbonyl (C=O) groups excluding carboxylic acids is 2. The Labute approximate surface area is 173 Å². The van der Waals surface area contributed by atoms with E-state index in [1.165, 1.54) is 5.56 Å². The van der Waals surface area contributed by atoms with Crippen molar-refractivity contribution in [1.82, 2.24) is 9.80 Å². The van der Waals surface area contributed by atoms with Crippen molar-refractivity contribution in [2.45, 2.75) is 32.2 Å². The average Bonchev–Trinajstić information content (AvgIpc) is 3.55. The molecule has 0 aromatic heterocycles. The molecule has 1 heterocycles. The maximum atomic E-state index is 12.9. The number of hydrogen-bond donors (Lipinski definition) is 0. The van der Waals surface area contributed by atoms with Crippen molar-refractivity contribution in [3.05, 3.63) is 71.8 Å². The second-order valence-electron chi connectivity index (χ2n) is 8.59. The lowest BCUT2D eigenvalue weighted by Crippen LogP contribution is -2.40. The summed E-state index contributed by atoms with van der Waals surface area (Å²) in [4.78, 5) is 29.4. The molecule has 2 aromatic carbocycles. The van der Waals surface area contributed by atoms with E-state index >= 15 is 0 Å². The molecule has 1 saturated heterocycles. The summed E-state index contributed by atoms with van der Waals surface area (Å²) in [5, 5.41) is 0. The Morgan fingerprint density at radius 3 is 2.10 bits per heavy atom. The van der Waals surface area contributed by atoms with Crippen LogP contribution in [-0.4, -0.2) is 41.8 Å². The molecule has 2 unspecified atom stereocenters. The van der Waals surface area contributed by atoms with Gasteiger partial charge in [0.2, 0.25) is 11.8 Å². The quantitative estimate of drug-likeness (QED) is 0.753. The van der Waals surface area contributed by atoms with Crippen LogP contribution < -0.4 is 0 Å². The van der Waals surface area contributed by atoms with E-state index in [4.69, 9.17) is 0 Å². The molecule has 0 N–H and O–H groups in total. The van der Waals surface area contributed by atoms with Crippen molar-refractivity contribution < 1.29 is 9.59 Å². The fourth-order valence-electron chi connectivity index (χ4n) is 4.50. The Kier molecular flexibility index (Phi) is 5.98. The smallest absolute Gasteiger partial charge is 0.226 e. The third-order valence-electron chi connectivity index (χ3n) is 6.36. The average molecular weight is 391 g/mol. The molecule has 1 aliphatic heterocycles. The standard InChI is InChI=1S/C25H30N2O2/c1-26(18-21-10-6-3-7-11-21)24(28)22-17-23(22)25(29)27-14-12-20(13-15-27)16-19-8-4-2-5-9-19/h2-11,20,22-23H,12-18H2,1H3. The van der Waals surface area contributed by atoms with Crippen molar-refractivity contribution in [2.75, 3.05) is 20.1 Å². The minimum absolute atomic E-state index is 0.103. The first-order chi connectivity index (χ1) is 14.1. The van der Waals surface area contributed by atoms with Crippen LogP contribution in [0.1, 0.15) is 30.4 Å². The second kappa shape index (κ2) is 8.81. The van der Waals surface area contributed by atoms with E-state index in [0.717, 1.165) is 37.9 Å². The Balaban J connectivity index is 1.23. The van der Waals surface area contributed by atoms with Gasteiger partial charge < -0.3 is 9.80 Å². The summed E-state index contributed by atoms with van der Waals surface area (Å²) in [6.45, 7) is 2.25. The predicted molar refractivity (Wildman–Crippen MR) is 114 cm³/mol. The van der Waals surface area contributed by atoms with Crippen LogP contribution >= 0.6 is 0 Å². The third-order valence-corrected chi connectivity index (χ3v) is 6.36. The molecule has 0 radical (unpaired) electrons. The van der Waals surface area contributed by atoms with Gasteiger partial charge in [-0.1, -0.05) is 60.7 Å². The molecule has 0 bridgehead atoms. The number of likely N-dealkylation sites (tertiary alicyclic amines) is 1. The third kappa shape index (κ3) is 4.87. The number of rotatable bonds is 6. The van der Waals surface area contributed by atoms with Gasteiger partial charge in [0.05, 0.1) is 11.8 Å². The molecule has 2 fully saturated rings. The highest BCUT2D eigenvalue weighted by atomic mass is 16.2. The maximum absolute atomic E-state index is 12.9. The van der Waals surface area contributed by atoms with Gasteiger partial charge in [0.1, 0.15) is 0 Å². The van der Waals surface area contributed by atoms with E-state index < -0.39 is 0 Å². The monoisotopic (exact) mass is 390 g/mol. The van der Waals surface area contributed by atoms with Gasteiger partial charge in [0.15, 0.2) is 0 Å². The molecule has 1 saturated carbocycles. The van der Waals surface area contributed by atoms with E-state index in [0.29, 0.717) is 18.9 Å². The molecule has 2 amide bonds. The number of piperidine rings is 1.